The second-order valence-corrected chi connectivity index (χ2v) is 9.36. The summed E-state index contributed by atoms with van der Waals surface area (Å²) in [5.41, 5.74) is 3.88. The van der Waals surface area contributed by atoms with Crippen molar-refractivity contribution < 1.29 is 14.3 Å². The van der Waals surface area contributed by atoms with Crippen LogP contribution in [0.1, 0.15) is 38.8 Å². The minimum absolute atomic E-state index is 0.140. The Morgan fingerprint density at radius 1 is 1.20 bits per heavy atom. The monoisotopic (exact) mass is 470 g/mol. The molecule has 0 saturated carbocycles. The van der Waals surface area contributed by atoms with Crippen LogP contribution in [-0.2, 0) is 20.7 Å². The minimum atomic E-state index is -0.500. The largest absolute Gasteiger partial charge is 0.460 e. The quantitative estimate of drug-likeness (QED) is 0.572. The van der Waals surface area contributed by atoms with Gasteiger partial charge < -0.3 is 15.4 Å². The Balaban J connectivity index is 1.65. The van der Waals surface area contributed by atoms with Crippen LogP contribution in [0, 0.1) is 5.92 Å². The summed E-state index contributed by atoms with van der Waals surface area (Å²) in [7, 11) is 0. The molecule has 5 nitrogen and oxygen atoms in total. The van der Waals surface area contributed by atoms with Crippen LogP contribution in [0.5, 0.6) is 0 Å². The summed E-state index contributed by atoms with van der Waals surface area (Å²) in [4.78, 5) is 24.9. The van der Waals surface area contributed by atoms with Gasteiger partial charge in [-0.15, -0.1) is 0 Å². The lowest BCUT2D eigenvalue weighted by molar-refractivity contribution is -0.159. The zero-order valence-corrected chi connectivity index (χ0v) is 19.3. The maximum absolute atomic E-state index is 12.7. The molecule has 2 aromatic rings. The van der Waals surface area contributed by atoms with E-state index in [0.717, 1.165) is 21.3 Å². The summed E-state index contributed by atoms with van der Waals surface area (Å²) in [6.07, 6.45) is 2.46. The molecule has 2 N–H and O–H groups in total. The number of carbonyl (C=O) groups is 2. The Morgan fingerprint density at radius 3 is 2.63 bits per heavy atom. The SMILES string of the molecule is C[C@@H](Cc1ccc(NC(=O)C2=Cc3ccccc3NC2)cc1Br)C(=O)OC(C)(C)C. The van der Waals surface area contributed by atoms with Gasteiger partial charge in [0.15, 0.2) is 0 Å². The van der Waals surface area contributed by atoms with Crippen molar-refractivity contribution in [2.24, 2.45) is 5.92 Å². The first-order chi connectivity index (χ1) is 14.1. The molecular weight excluding hydrogens is 444 g/mol. The number of amides is 1. The molecule has 0 radical (unpaired) electrons. The van der Waals surface area contributed by atoms with Crippen LogP contribution in [0.4, 0.5) is 11.4 Å². The van der Waals surface area contributed by atoms with E-state index in [1.807, 2.05) is 76.2 Å². The van der Waals surface area contributed by atoms with Crippen molar-refractivity contribution in [1.29, 1.82) is 0 Å². The lowest BCUT2D eigenvalue weighted by Crippen LogP contribution is -2.28. The van der Waals surface area contributed by atoms with Crippen molar-refractivity contribution in [3.63, 3.8) is 0 Å². The van der Waals surface area contributed by atoms with Gasteiger partial charge in [0, 0.05) is 28.0 Å². The first kappa shape index (κ1) is 22.1. The highest BCUT2D eigenvalue weighted by Gasteiger charge is 2.23. The summed E-state index contributed by atoms with van der Waals surface area (Å²) in [5, 5.41) is 6.21. The summed E-state index contributed by atoms with van der Waals surface area (Å²) in [5.74, 6) is -0.623. The average Bonchev–Trinajstić information content (AvgIpc) is 2.68. The Bertz CT molecular complexity index is 992. The molecular formula is C24H27BrN2O3. The van der Waals surface area contributed by atoms with E-state index in [-0.39, 0.29) is 17.8 Å². The molecule has 2 aromatic carbocycles. The van der Waals surface area contributed by atoms with Gasteiger partial charge in [-0.05, 0) is 62.6 Å². The number of esters is 1. The number of hydrogen-bond acceptors (Lipinski definition) is 4. The van der Waals surface area contributed by atoms with E-state index >= 15 is 0 Å². The molecule has 0 bridgehead atoms. The van der Waals surface area contributed by atoms with Gasteiger partial charge in [0.25, 0.3) is 5.91 Å². The van der Waals surface area contributed by atoms with Gasteiger partial charge in [0.2, 0.25) is 0 Å². The molecule has 30 heavy (non-hydrogen) atoms. The zero-order chi connectivity index (χ0) is 21.9. The summed E-state index contributed by atoms with van der Waals surface area (Å²) in [6, 6.07) is 13.5. The molecule has 1 aliphatic heterocycles. The molecule has 0 aliphatic carbocycles. The van der Waals surface area contributed by atoms with E-state index in [2.05, 4.69) is 26.6 Å². The van der Waals surface area contributed by atoms with Crippen LogP contribution < -0.4 is 10.6 Å². The highest BCUT2D eigenvalue weighted by Crippen LogP contribution is 2.27. The first-order valence-electron chi connectivity index (χ1n) is 9.98. The lowest BCUT2D eigenvalue weighted by Gasteiger charge is -2.22. The highest BCUT2D eigenvalue weighted by atomic mass is 79.9. The normalized spacial score (nSPS) is 14.1. The van der Waals surface area contributed by atoms with Crippen LogP contribution in [0.25, 0.3) is 6.08 Å². The van der Waals surface area contributed by atoms with Crippen LogP contribution >= 0.6 is 15.9 Å². The van der Waals surface area contributed by atoms with Gasteiger partial charge in [0.05, 0.1) is 5.92 Å². The van der Waals surface area contributed by atoms with Crippen molar-refractivity contribution in [1.82, 2.24) is 0 Å². The van der Waals surface area contributed by atoms with Crippen LogP contribution in [0.3, 0.4) is 0 Å². The summed E-state index contributed by atoms with van der Waals surface area (Å²) >= 11 is 3.56. The number of rotatable bonds is 5. The second-order valence-electron chi connectivity index (χ2n) is 8.51. The van der Waals surface area contributed by atoms with Crippen LogP contribution in [0.15, 0.2) is 52.5 Å². The maximum atomic E-state index is 12.7. The molecule has 1 aliphatic rings. The predicted molar refractivity (Wildman–Crippen MR) is 124 cm³/mol. The third-order valence-corrected chi connectivity index (χ3v) is 5.44. The molecule has 1 heterocycles. The number of carbonyl (C=O) groups excluding carboxylic acids is 2. The fraction of sp³-hybridized carbons (Fsp3) is 0.333. The minimum Gasteiger partial charge on any atom is -0.460 e. The number of halogens is 1. The number of nitrogens with one attached hydrogen (secondary N) is 2. The number of anilines is 2. The van der Waals surface area contributed by atoms with Gasteiger partial charge in [-0.1, -0.05) is 47.1 Å². The van der Waals surface area contributed by atoms with E-state index in [1.165, 1.54) is 0 Å². The molecule has 1 atom stereocenters. The third kappa shape index (κ3) is 5.72. The Morgan fingerprint density at radius 2 is 1.93 bits per heavy atom. The van der Waals surface area contributed by atoms with Gasteiger partial charge in [-0.3, -0.25) is 9.59 Å². The van der Waals surface area contributed by atoms with E-state index in [4.69, 9.17) is 4.74 Å². The Labute approximate surface area is 186 Å². The highest BCUT2D eigenvalue weighted by molar-refractivity contribution is 9.10. The van der Waals surface area contributed by atoms with Gasteiger partial charge in [-0.25, -0.2) is 0 Å². The van der Waals surface area contributed by atoms with E-state index < -0.39 is 5.60 Å². The summed E-state index contributed by atoms with van der Waals surface area (Å²) in [6.45, 7) is 7.93. The van der Waals surface area contributed by atoms with E-state index in [9.17, 15) is 9.59 Å². The van der Waals surface area contributed by atoms with Gasteiger partial charge in [0.1, 0.15) is 5.60 Å². The first-order valence-corrected chi connectivity index (χ1v) is 10.8. The fourth-order valence-corrected chi connectivity index (χ4v) is 3.72. The Kier molecular flexibility index (Phi) is 6.66. The van der Waals surface area contributed by atoms with Crippen molar-refractivity contribution in [2.75, 3.05) is 17.2 Å². The third-order valence-electron chi connectivity index (χ3n) is 4.70. The number of ether oxygens (including phenoxy) is 1. The van der Waals surface area contributed by atoms with Crippen molar-refractivity contribution in [3.8, 4) is 0 Å². The molecule has 0 spiro atoms. The smallest absolute Gasteiger partial charge is 0.309 e. The fourth-order valence-electron chi connectivity index (χ4n) is 3.18. The standard InChI is InChI=1S/C24H27BrN2O3/c1-15(23(29)30-24(2,3)4)11-16-9-10-19(13-20(16)25)27-22(28)18-12-17-7-5-6-8-21(17)26-14-18/h5-10,12-13,15,26H,11,14H2,1-4H3,(H,27,28)/t15-/m0/s1. The molecule has 3 rings (SSSR count). The maximum Gasteiger partial charge on any atom is 0.309 e. The Hall–Kier alpha value is -2.60. The molecule has 0 saturated heterocycles. The number of para-hydroxylation sites is 1. The van der Waals surface area contributed by atoms with Crippen molar-refractivity contribution in [3.05, 3.63) is 63.6 Å². The molecule has 158 valence electrons. The van der Waals surface area contributed by atoms with Crippen LogP contribution in [0.2, 0.25) is 0 Å². The zero-order valence-electron chi connectivity index (χ0n) is 17.7. The molecule has 0 aromatic heterocycles. The van der Waals surface area contributed by atoms with E-state index in [0.29, 0.717) is 24.2 Å². The van der Waals surface area contributed by atoms with Crippen molar-refractivity contribution in [2.45, 2.75) is 39.7 Å². The average molecular weight is 471 g/mol. The van der Waals surface area contributed by atoms with Gasteiger partial charge in [-0.2, -0.15) is 0 Å². The molecule has 0 fully saturated rings. The second kappa shape index (κ2) is 9.04. The lowest BCUT2D eigenvalue weighted by atomic mass is 10.0. The number of fused-ring (bicyclic) bond motifs is 1. The van der Waals surface area contributed by atoms with Crippen LogP contribution in [-0.4, -0.2) is 24.0 Å². The van der Waals surface area contributed by atoms with E-state index in [1.54, 1.807) is 0 Å². The number of benzene rings is 2. The predicted octanol–water partition coefficient (Wildman–Crippen LogP) is 5.42. The number of hydrogen-bond donors (Lipinski definition) is 2. The summed E-state index contributed by atoms with van der Waals surface area (Å²) < 4.78 is 6.30. The molecule has 1 amide bonds. The van der Waals surface area contributed by atoms with Gasteiger partial charge >= 0.3 is 5.97 Å². The molecule has 0 unspecified atom stereocenters. The topological polar surface area (TPSA) is 67.4 Å². The van der Waals surface area contributed by atoms with Crippen molar-refractivity contribution >= 4 is 45.3 Å². The molecule has 6 heteroatoms.